The molecule has 0 saturated heterocycles. The minimum absolute atomic E-state index is 0.207. The molecule has 1 heterocycles. The number of aryl methyl sites for hydroxylation is 1. The molecule has 0 radical (unpaired) electrons. The summed E-state index contributed by atoms with van der Waals surface area (Å²) in [6.45, 7) is 0.794. The molecule has 23 heavy (non-hydrogen) atoms. The largest absolute Gasteiger partial charge is 0.383 e. The van der Waals surface area contributed by atoms with E-state index in [1.807, 2.05) is 0 Å². The first kappa shape index (κ1) is 17.0. The van der Waals surface area contributed by atoms with E-state index in [0.29, 0.717) is 29.6 Å². The van der Waals surface area contributed by atoms with Crippen molar-refractivity contribution in [2.45, 2.75) is 0 Å². The summed E-state index contributed by atoms with van der Waals surface area (Å²) in [5.74, 6) is -0.312. The number of nitrogens with one attached hydrogen (secondary N) is 2. The van der Waals surface area contributed by atoms with Gasteiger partial charge in [0.25, 0.3) is 11.8 Å². The number of carbonyl (C=O) groups excluding carboxylic acids is 2. The summed E-state index contributed by atoms with van der Waals surface area (Å²) in [6, 6.07) is 8.21. The van der Waals surface area contributed by atoms with Gasteiger partial charge in [-0.3, -0.25) is 14.3 Å². The van der Waals surface area contributed by atoms with Crippen molar-refractivity contribution in [3.05, 3.63) is 46.6 Å². The zero-order valence-electron chi connectivity index (χ0n) is 12.8. The number of halogens is 1. The summed E-state index contributed by atoms with van der Waals surface area (Å²) >= 11 is 5.99. The van der Waals surface area contributed by atoms with Gasteiger partial charge >= 0.3 is 0 Å². The fourth-order valence-corrected chi connectivity index (χ4v) is 2.10. The SMILES string of the molecule is COCCNC(=O)c1cc(NC(=O)c2ccccc2Cl)n(C)n1. The summed E-state index contributed by atoms with van der Waals surface area (Å²) in [7, 11) is 3.18. The van der Waals surface area contributed by atoms with E-state index in [2.05, 4.69) is 15.7 Å². The first-order chi connectivity index (χ1) is 11.0. The number of rotatable bonds is 6. The Morgan fingerprint density at radius 2 is 2.04 bits per heavy atom. The van der Waals surface area contributed by atoms with Gasteiger partial charge < -0.3 is 15.4 Å². The maximum absolute atomic E-state index is 12.2. The molecule has 1 aromatic carbocycles. The third-order valence-corrected chi connectivity index (χ3v) is 3.39. The second kappa shape index (κ2) is 7.75. The van der Waals surface area contributed by atoms with E-state index in [1.54, 1.807) is 38.4 Å². The molecule has 122 valence electrons. The first-order valence-corrected chi connectivity index (χ1v) is 7.27. The van der Waals surface area contributed by atoms with Crippen LogP contribution >= 0.6 is 11.6 Å². The molecule has 0 aliphatic heterocycles. The van der Waals surface area contributed by atoms with Crippen LogP contribution < -0.4 is 10.6 Å². The average Bonchev–Trinajstić information content (AvgIpc) is 2.89. The predicted molar refractivity (Wildman–Crippen MR) is 86.8 cm³/mol. The van der Waals surface area contributed by atoms with Gasteiger partial charge in [0.15, 0.2) is 5.69 Å². The number of methoxy groups -OCH3 is 1. The van der Waals surface area contributed by atoms with Crippen molar-refractivity contribution >= 4 is 29.2 Å². The van der Waals surface area contributed by atoms with Crippen LogP contribution in [0.3, 0.4) is 0 Å². The van der Waals surface area contributed by atoms with Crippen LogP contribution in [0.5, 0.6) is 0 Å². The fourth-order valence-electron chi connectivity index (χ4n) is 1.88. The van der Waals surface area contributed by atoms with Crippen LogP contribution in [0.2, 0.25) is 5.02 Å². The number of nitrogens with zero attached hydrogens (tertiary/aromatic N) is 2. The standard InChI is InChI=1S/C15H17ClN4O3/c1-20-13(9-12(19-20)15(22)17-7-8-23-2)18-14(21)10-5-3-4-6-11(10)16/h3-6,9H,7-8H2,1-2H3,(H,17,22)(H,18,21). The molecule has 0 atom stereocenters. The lowest BCUT2D eigenvalue weighted by Gasteiger charge is -2.06. The number of benzene rings is 1. The number of carbonyl (C=O) groups is 2. The highest BCUT2D eigenvalue weighted by atomic mass is 35.5. The minimum atomic E-state index is -0.370. The van der Waals surface area contributed by atoms with Crippen LogP contribution in [0.4, 0.5) is 5.82 Å². The van der Waals surface area contributed by atoms with E-state index in [9.17, 15) is 9.59 Å². The number of hydrogen-bond donors (Lipinski definition) is 2. The number of amides is 2. The Hall–Kier alpha value is -2.38. The van der Waals surface area contributed by atoms with Crippen molar-refractivity contribution in [2.75, 3.05) is 25.6 Å². The summed E-state index contributed by atoms with van der Waals surface area (Å²) in [5, 5.41) is 9.77. The van der Waals surface area contributed by atoms with Crippen molar-refractivity contribution in [1.29, 1.82) is 0 Å². The van der Waals surface area contributed by atoms with E-state index in [1.165, 1.54) is 10.7 Å². The zero-order valence-corrected chi connectivity index (χ0v) is 13.6. The van der Waals surface area contributed by atoms with Gasteiger partial charge in [0, 0.05) is 26.8 Å². The van der Waals surface area contributed by atoms with Gasteiger partial charge in [0.1, 0.15) is 5.82 Å². The zero-order chi connectivity index (χ0) is 16.8. The number of hydrogen-bond acceptors (Lipinski definition) is 4. The summed E-state index contributed by atoms with van der Waals surface area (Å²) < 4.78 is 6.28. The summed E-state index contributed by atoms with van der Waals surface area (Å²) in [6.07, 6.45) is 0. The number of ether oxygens (including phenoxy) is 1. The van der Waals surface area contributed by atoms with Crippen molar-refractivity contribution in [3.8, 4) is 0 Å². The topological polar surface area (TPSA) is 85.3 Å². The summed E-state index contributed by atoms with van der Waals surface area (Å²) in [4.78, 5) is 24.1. The fraction of sp³-hybridized carbons (Fsp3) is 0.267. The van der Waals surface area contributed by atoms with Crippen LogP contribution in [0.1, 0.15) is 20.8 Å². The third-order valence-electron chi connectivity index (χ3n) is 3.06. The molecule has 0 aliphatic rings. The van der Waals surface area contributed by atoms with Gasteiger partial charge in [-0.15, -0.1) is 0 Å². The lowest BCUT2D eigenvalue weighted by Crippen LogP contribution is -2.27. The molecule has 2 rings (SSSR count). The monoisotopic (exact) mass is 336 g/mol. The van der Waals surface area contributed by atoms with Gasteiger partial charge in [0.2, 0.25) is 0 Å². The van der Waals surface area contributed by atoms with Crippen molar-refractivity contribution < 1.29 is 14.3 Å². The highest BCUT2D eigenvalue weighted by Crippen LogP contribution is 2.17. The predicted octanol–water partition coefficient (Wildman–Crippen LogP) is 1.70. The smallest absolute Gasteiger partial charge is 0.271 e. The minimum Gasteiger partial charge on any atom is -0.383 e. The lowest BCUT2D eigenvalue weighted by atomic mass is 10.2. The van der Waals surface area contributed by atoms with Gasteiger partial charge in [-0.25, -0.2) is 0 Å². The first-order valence-electron chi connectivity index (χ1n) is 6.90. The second-order valence-electron chi connectivity index (χ2n) is 4.72. The molecule has 1 aromatic heterocycles. The molecule has 0 spiro atoms. The Bertz CT molecular complexity index is 714. The summed E-state index contributed by atoms with van der Waals surface area (Å²) in [5.41, 5.74) is 0.555. The quantitative estimate of drug-likeness (QED) is 0.786. The van der Waals surface area contributed by atoms with Gasteiger partial charge in [0.05, 0.1) is 17.2 Å². The Kier molecular flexibility index (Phi) is 5.72. The molecular formula is C15H17ClN4O3. The van der Waals surface area contributed by atoms with E-state index < -0.39 is 0 Å². The van der Waals surface area contributed by atoms with Crippen molar-refractivity contribution in [2.24, 2.45) is 7.05 Å². The maximum Gasteiger partial charge on any atom is 0.271 e. The molecule has 0 aliphatic carbocycles. The molecule has 0 saturated carbocycles. The van der Waals surface area contributed by atoms with E-state index in [-0.39, 0.29) is 17.5 Å². The lowest BCUT2D eigenvalue weighted by molar-refractivity contribution is 0.0930. The van der Waals surface area contributed by atoms with Crippen molar-refractivity contribution in [3.63, 3.8) is 0 Å². The molecule has 0 unspecified atom stereocenters. The molecule has 0 bridgehead atoms. The van der Waals surface area contributed by atoms with Crippen LogP contribution in [0.15, 0.2) is 30.3 Å². The molecule has 0 fully saturated rings. The Morgan fingerprint density at radius 3 is 2.74 bits per heavy atom. The van der Waals surface area contributed by atoms with Crippen molar-refractivity contribution in [1.82, 2.24) is 15.1 Å². The Morgan fingerprint density at radius 1 is 1.30 bits per heavy atom. The van der Waals surface area contributed by atoms with Crippen LogP contribution in [-0.2, 0) is 11.8 Å². The van der Waals surface area contributed by atoms with Crippen LogP contribution in [-0.4, -0.2) is 41.9 Å². The molecular weight excluding hydrogens is 320 g/mol. The Balaban J connectivity index is 2.08. The highest BCUT2D eigenvalue weighted by Gasteiger charge is 2.16. The Labute approximate surface area is 138 Å². The van der Waals surface area contributed by atoms with E-state index in [0.717, 1.165) is 0 Å². The number of anilines is 1. The normalized spacial score (nSPS) is 10.4. The molecule has 2 N–H and O–H groups in total. The van der Waals surface area contributed by atoms with Crippen LogP contribution in [0, 0.1) is 0 Å². The van der Waals surface area contributed by atoms with Gasteiger partial charge in [-0.2, -0.15) is 5.10 Å². The van der Waals surface area contributed by atoms with Crippen LogP contribution in [0.25, 0.3) is 0 Å². The van der Waals surface area contributed by atoms with Gasteiger partial charge in [-0.05, 0) is 12.1 Å². The van der Waals surface area contributed by atoms with E-state index in [4.69, 9.17) is 16.3 Å². The maximum atomic E-state index is 12.2. The van der Waals surface area contributed by atoms with E-state index >= 15 is 0 Å². The molecule has 2 amide bonds. The van der Waals surface area contributed by atoms with Gasteiger partial charge in [-0.1, -0.05) is 23.7 Å². The molecule has 2 aromatic rings. The molecule has 8 heteroatoms. The average molecular weight is 337 g/mol. The third kappa shape index (κ3) is 4.30. The molecule has 7 nitrogen and oxygen atoms in total. The highest BCUT2D eigenvalue weighted by molar-refractivity contribution is 6.34. The second-order valence-corrected chi connectivity index (χ2v) is 5.13. The number of aromatic nitrogens is 2.